The van der Waals surface area contributed by atoms with E-state index in [4.69, 9.17) is 4.74 Å². The lowest BCUT2D eigenvalue weighted by molar-refractivity contribution is -0.149. The first-order valence-corrected chi connectivity index (χ1v) is 11.7. The van der Waals surface area contributed by atoms with Gasteiger partial charge in [-0.25, -0.2) is 0 Å². The van der Waals surface area contributed by atoms with Gasteiger partial charge < -0.3 is 20.1 Å². The molecule has 0 radical (unpaired) electrons. The van der Waals surface area contributed by atoms with E-state index in [0.29, 0.717) is 19.3 Å². The number of carbonyl (C=O) groups is 1. The minimum atomic E-state index is -1.09. The monoisotopic (exact) mass is 400 g/mol. The summed E-state index contributed by atoms with van der Waals surface area (Å²) in [5, 5.41) is 28.9. The highest BCUT2D eigenvalue weighted by Gasteiger charge is 2.35. The molecule has 3 N–H and O–H groups in total. The highest BCUT2D eigenvalue weighted by Crippen LogP contribution is 2.25. The molecule has 4 atom stereocenters. The molecule has 28 heavy (non-hydrogen) atoms. The summed E-state index contributed by atoms with van der Waals surface area (Å²) in [5.41, 5.74) is 0. The molecule has 1 fully saturated rings. The van der Waals surface area contributed by atoms with Crippen molar-refractivity contribution >= 4 is 5.97 Å². The summed E-state index contributed by atoms with van der Waals surface area (Å²) in [7, 11) is 0. The molecule has 5 heteroatoms. The zero-order chi connectivity index (χ0) is 20.6. The van der Waals surface area contributed by atoms with Gasteiger partial charge in [0.05, 0.1) is 18.8 Å². The highest BCUT2D eigenvalue weighted by atomic mass is 16.5. The van der Waals surface area contributed by atoms with Gasteiger partial charge in [0.2, 0.25) is 0 Å². The number of hydrogen-bond acceptors (Lipinski definition) is 5. The normalized spacial score (nSPS) is 25.0. The number of esters is 1. The fourth-order valence-corrected chi connectivity index (χ4v) is 4.02. The smallest absolute Gasteiger partial charge is 0.305 e. The molecule has 1 aliphatic rings. The molecule has 1 saturated carbocycles. The van der Waals surface area contributed by atoms with E-state index in [-0.39, 0.29) is 18.5 Å². The average Bonchev–Trinajstić information content (AvgIpc) is 2.68. The Morgan fingerprint density at radius 3 is 1.64 bits per heavy atom. The lowest BCUT2D eigenvalue weighted by atomic mass is 9.84. The van der Waals surface area contributed by atoms with Crippen LogP contribution in [0.2, 0.25) is 0 Å². The molecule has 2 unspecified atom stereocenters. The molecule has 0 aliphatic heterocycles. The maximum Gasteiger partial charge on any atom is 0.305 e. The number of aliphatic hydroxyl groups excluding tert-OH is 3. The maximum atomic E-state index is 11.8. The molecule has 5 nitrogen and oxygen atoms in total. The third-order valence-corrected chi connectivity index (χ3v) is 5.90. The fourth-order valence-electron chi connectivity index (χ4n) is 4.02. The van der Waals surface area contributed by atoms with Gasteiger partial charge in [0.25, 0.3) is 0 Å². The summed E-state index contributed by atoms with van der Waals surface area (Å²) in [6.07, 6.45) is 14.8. The van der Waals surface area contributed by atoms with E-state index in [2.05, 4.69) is 6.92 Å². The molecule has 0 amide bonds. The molecule has 0 aromatic rings. The van der Waals surface area contributed by atoms with Gasteiger partial charge >= 0.3 is 5.97 Å². The minimum absolute atomic E-state index is 0.0796. The second-order valence-electron chi connectivity index (χ2n) is 8.64. The molecule has 1 rings (SSSR count). The van der Waals surface area contributed by atoms with Crippen molar-refractivity contribution in [1.82, 2.24) is 0 Å². The Hall–Kier alpha value is -0.650. The molecule has 166 valence electrons. The quantitative estimate of drug-likeness (QED) is 0.262. The van der Waals surface area contributed by atoms with Crippen molar-refractivity contribution in [1.29, 1.82) is 0 Å². The first-order chi connectivity index (χ1) is 13.5. The standard InChI is InChI=1S/C23H44O5/c1-2-3-4-5-6-7-8-9-10-11-12-13-14-15-22(26)28-18-19-16-20(24)23(27)21(25)17-19/h19-21,23-25,27H,2-18H2,1H3/t19?,20-,21+,23?. The van der Waals surface area contributed by atoms with Crippen LogP contribution in [-0.4, -0.2) is 46.2 Å². The number of aliphatic hydroxyl groups is 3. The Morgan fingerprint density at radius 2 is 1.18 bits per heavy atom. The fraction of sp³-hybridized carbons (Fsp3) is 0.957. The molecule has 0 heterocycles. The first kappa shape index (κ1) is 25.4. The predicted octanol–water partition coefficient (Wildman–Crippen LogP) is 4.50. The second-order valence-corrected chi connectivity index (χ2v) is 8.64. The van der Waals surface area contributed by atoms with E-state index in [1.165, 1.54) is 70.6 Å². The van der Waals surface area contributed by atoms with E-state index in [1.807, 2.05) is 0 Å². The van der Waals surface area contributed by atoms with Gasteiger partial charge in [-0.2, -0.15) is 0 Å². The van der Waals surface area contributed by atoms with E-state index >= 15 is 0 Å². The molecular weight excluding hydrogens is 356 g/mol. The van der Waals surface area contributed by atoms with Crippen molar-refractivity contribution in [2.75, 3.05) is 6.61 Å². The van der Waals surface area contributed by atoms with Gasteiger partial charge in [0, 0.05) is 6.42 Å². The third-order valence-electron chi connectivity index (χ3n) is 5.90. The Labute approximate surface area is 171 Å². The number of hydrogen-bond donors (Lipinski definition) is 3. The van der Waals surface area contributed by atoms with Crippen LogP contribution in [-0.2, 0) is 9.53 Å². The van der Waals surface area contributed by atoms with Crippen LogP contribution in [0.15, 0.2) is 0 Å². The highest BCUT2D eigenvalue weighted by molar-refractivity contribution is 5.69. The van der Waals surface area contributed by atoms with Crippen molar-refractivity contribution in [2.24, 2.45) is 5.92 Å². The van der Waals surface area contributed by atoms with Crippen molar-refractivity contribution in [3.05, 3.63) is 0 Å². The van der Waals surface area contributed by atoms with Crippen LogP contribution < -0.4 is 0 Å². The van der Waals surface area contributed by atoms with Crippen molar-refractivity contribution in [3.8, 4) is 0 Å². The van der Waals surface area contributed by atoms with Crippen LogP contribution in [0.25, 0.3) is 0 Å². The zero-order valence-electron chi connectivity index (χ0n) is 18.0. The lowest BCUT2D eigenvalue weighted by Crippen LogP contribution is -2.45. The van der Waals surface area contributed by atoms with E-state index in [0.717, 1.165) is 12.8 Å². The molecule has 1 aliphatic carbocycles. The minimum Gasteiger partial charge on any atom is -0.465 e. The van der Waals surface area contributed by atoms with Gasteiger partial charge in [-0.1, -0.05) is 84.0 Å². The molecular formula is C23H44O5. The van der Waals surface area contributed by atoms with Crippen LogP contribution in [0.1, 0.15) is 110 Å². The molecule has 0 spiro atoms. The lowest BCUT2D eigenvalue weighted by Gasteiger charge is -2.33. The average molecular weight is 401 g/mol. The third kappa shape index (κ3) is 12.0. The van der Waals surface area contributed by atoms with Gasteiger partial charge in [-0.05, 0) is 25.2 Å². The van der Waals surface area contributed by atoms with Crippen LogP contribution >= 0.6 is 0 Å². The summed E-state index contributed by atoms with van der Waals surface area (Å²) < 4.78 is 5.28. The van der Waals surface area contributed by atoms with Gasteiger partial charge in [-0.3, -0.25) is 4.79 Å². The van der Waals surface area contributed by atoms with Gasteiger partial charge in [-0.15, -0.1) is 0 Å². The van der Waals surface area contributed by atoms with Gasteiger partial charge in [0.15, 0.2) is 0 Å². The predicted molar refractivity (Wildman–Crippen MR) is 112 cm³/mol. The van der Waals surface area contributed by atoms with Crippen molar-refractivity contribution in [2.45, 2.75) is 128 Å². The summed E-state index contributed by atoms with van der Waals surface area (Å²) in [6, 6.07) is 0. The van der Waals surface area contributed by atoms with Crippen molar-refractivity contribution in [3.63, 3.8) is 0 Å². The molecule has 0 aromatic heterocycles. The van der Waals surface area contributed by atoms with Crippen LogP contribution in [0.3, 0.4) is 0 Å². The molecule has 0 bridgehead atoms. The molecule has 0 aromatic carbocycles. The van der Waals surface area contributed by atoms with Crippen LogP contribution in [0.5, 0.6) is 0 Å². The number of ether oxygens (including phenoxy) is 1. The zero-order valence-corrected chi connectivity index (χ0v) is 18.0. The Kier molecular flexibility index (Phi) is 14.7. The van der Waals surface area contributed by atoms with Crippen molar-refractivity contribution < 1.29 is 24.9 Å². The van der Waals surface area contributed by atoms with E-state index < -0.39 is 18.3 Å². The number of rotatable bonds is 16. The van der Waals surface area contributed by atoms with E-state index in [9.17, 15) is 20.1 Å². The Bertz CT molecular complexity index is 375. The van der Waals surface area contributed by atoms with Gasteiger partial charge in [0.1, 0.15) is 6.10 Å². The van der Waals surface area contributed by atoms with Crippen LogP contribution in [0.4, 0.5) is 0 Å². The van der Waals surface area contributed by atoms with Crippen LogP contribution in [0, 0.1) is 5.92 Å². The second kappa shape index (κ2) is 16.2. The largest absolute Gasteiger partial charge is 0.465 e. The summed E-state index contributed by atoms with van der Waals surface area (Å²) in [6.45, 7) is 2.48. The topological polar surface area (TPSA) is 87.0 Å². The maximum absolute atomic E-state index is 11.8. The summed E-state index contributed by atoms with van der Waals surface area (Å²) in [4.78, 5) is 11.8. The number of carbonyl (C=O) groups excluding carboxylic acids is 1. The Balaban J connectivity index is 1.87. The Morgan fingerprint density at radius 1 is 0.750 bits per heavy atom. The van der Waals surface area contributed by atoms with E-state index in [1.54, 1.807) is 0 Å². The first-order valence-electron chi connectivity index (χ1n) is 11.7. The SMILES string of the molecule is CCCCCCCCCCCCCCCC(=O)OCC1C[C@@H](O)C(O)[C@@H](O)C1. The molecule has 0 saturated heterocycles. The number of unbranched alkanes of at least 4 members (excludes halogenated alkanes) is 12. The summed E-state index contributed by atoms with van der Waals surface area (Å²) >= 11 is 0. The summed E-state index contributed by atoms with van der Waals surface area (Å²) in [5.74, 6) is -0.276.